The minimum atomic E-state index is -0.218. The van der Waals surface area contributed by atoms with Crippen LogP contribution in [0, 0.1) is 11.7 Å². The molecule has 2 aliphatic heterocycles. The molecule has 2 fully saturated rings. The van der Waals surface area contributed by atoms with Crippen LogP contribution in [0.5, 0.6) is 0 Å². The van der Waals surface area contributed by atoms with Crippen molar-refractivity contribution in [2.75, 3.05) is 26.3 Å². The van der Waals surface area contributed by atoms with Gasteiger partial charge in [-0.25, -0.2) is 4.39 Å². The number of carbonyl (C=O) groups excluding carboxylic acids is 1. The fourth-order valence-corrected chi connectivity index (χ4v) is 3.26. The number of ether oxygens (including phenoxy) is 2. The fourth-order valence-electron chi connectivity index (χ4n) is 3.26. The average Bonchev–Trinajstić information content (AvgIpc) is 2.88. The van der Waals surface area contributed by atoms with Gasteiger partial charge in [0.25, 0.3) is 0 Å². The number of benzene rings is 1. The second kappa shape index (κ2) is 6.34. The average molecular weight is 307 g/mol. The molecule has 0 radical (unpaired) electrons. The molecule has 3 rings (SSSR count). The number of rotatable bonds is 5. The summed E-state index contributed by atoms with van der Waals surface area (Å²) < 4.78 is 24.9. The first kappa shape index (κ1) is 15.4. The zero-order valence-corrected chi connectivity index (χ0v) is 12.9. The molecule has 2 heterocycles. The van der Waals surface area contributed by atoms with E-state index in [1.165, 1.54) is 6.07 Å². The van der Waals surface area contributed by atoms with E-state index in [9.17, 15) is 9.18 Å². The monoisotopic (exact) mass is 307 g/mol. The molecule has 1 amide bonds. The Kier molecular flexibility index (Phi) is 4.45. The zero-order valence-electron chi connectivity index (χ0n) is 12.9. The summed E-state index contributed by atoms with van der Waals surface area (Å²) in [4.78, 5) is 13.1. The summed E-state index contributed by atoms with van der Waals surface area (Å²) in [7, 11) is 0. The second-order valence-corrected chi connectivity index (χ2v) is 6.37. The van der Waals surface area contributed by atoms with Gasteiger partial charge in [-0.05, 0) is 24.8 Å². The third kappa shape index (κ3) is 3.31. The van der Waals surface area contributed by atoms with Crippen molar-refractivity contribution in [2.24, 2.45) is 5.92 Å². The third-order valence-electron chi connectivity index (χ3n) is 4.58. The Labute approximate surface area is 130 Å². The number of hydrogen-bond acceptors (Lipinski definition) is 3. The number of nitrogens with zero attached hydrogens (tertiary/aromatic N) is 1. The normalized spacial score (nSPS) is 22.8. The van der Waals surface area contributed by atoms with Crippen molar-refractivity contribution in [1.82, 2.24) is 4.90 Å². The molecule has 4 nitrogen and oxygen atoms in total. The highest BCUT2D eigenvalue weighted by Gasteiger charge is 2.50. The van der Waals surface area contributed by atoms with Gasteiger partial charge in [-0.2, -0.15) is 0 Å². The first-order valence-corrected chi connectivity index (χ1v) is 7.79. The van der Waals surface area contributed by atoms with E-state index in [-0.39, 0.29) is 17.3 Å². The lowest BCUT2D eigenvalue weighted by atomic mass is 9.86. The van der Waals surface area contributed by atoms with Crippen LogP contribution in [0.4, 0.5) is 4.39 Å². The molecule has 1 aromatic carbocycles. The lowest BCUT2D eigenvalue weighted by Gasteiger charge is -2.46. The highest BCUT2D eigenvalue weighted by atomic mass is 19.1. The Bertz CT molecular complexity index is 542. The van der Waals surface area contributed by atoms with Crippen molar-refractivity contribution in [3.63, 3.8) is 0 Å². The van der Waals surface area contributed by atoms with Crippen molar-refractivity contribution in [1.29, 1.82) is 0 Å². The Balaban J connectivity index is 1.36. The molecule has 0 saturated carbocycles. The molecule has 1 unspecified atom stereocenters. The Morgan fingerprint density at radius 1 is 1.45 bits per heavy atom. The molecule has 2 saturated heterocycles. The third-order valence-corrected chi connectivity index (χ3v) is 4.58. The van der Waals surface area contributed by atoms with Gasteiger partial charge in [0.1, 0.15) is 11.4 Å². The summed E-state index contributed by atoms with van der Waals surface area (Å²) in [6, 6.07) is 6.68. The number of likely N-dealkylation sites (tertiary alicyclic amines) is 1. The van der Waals surface area contributed by atoms with Crippen LogP contribution >= 0.6 is 0 Å². The van der Waals surface area contributed by atoms with E-state index in [1.807, 2.05) is 11.0 Å². The van der Waals surface area contributed by atoms with Crippen LogP contribution in [0.2, 0.25) is 0 Å². The van der Waals surface area contributed by atoms with E-state index >= 15 is 0 Å². The molecular formula is C17H22FNO3. The topological polar surface area (TPSA) is 38.8 Å². The van der Waals surface area contributed by atoms with E-state index in [0.29, 0.717) is 24.7 Å². The van der Waals surface area contributed by atoms with Crippen LogP contribution in [-0.4, -0.2) is 42.7 Å². The molecule has 1 spiro atoms. The van der Waals surface area contributed by atoms with Gasteiger partial charge >= 0.3 is 0 Å². The fraction of sp³-hybridized carbons (Fsp3) is 0.588. The maximum absolute atomic E-state index is 13.4. The Hall–Kier alpha value is -1.46. The van der Waals surface area contributed by atoms with Crippen molar-refractivity contribution in [3.8, 4) is 0 Å². The van der Waals surface area contributed by atoms with Gasteiger partial charge in [0.2, 0.25) is 5.91 Å². The van der Waals surface area contributed by atoms with Gasteiger partial charge in [0.15, 0.2) is 0 Å². The first-order valence-electron chi connectivity index (χ1n) is 7.79. The maximum Gasteiger partial charge on any atom is 0.219 e. The molecule has 0 aromatic heterocycles. The van der Waals surface area contributed by atoms with Crippen LogP contribution in [0.25, 0.3) is 0 Å². The summed E-state index contributed by atoms with van der Waals surface area (Å²) in [5.74, 6) is 0.366. The predicted molar refractivity (Wildman–Crippen MR) is 79.7 cm³/mol. The summed E-state index contributed by atoms with van der Waals surface area (Å²) in [5.41, 5.74) is 0.486. The maximum atomic E-state index is 13.4. The molecule has 120 valence electrons. The predicted octanol–water partition coefficient (Wildman–Crippen LogP) is 2.37. The van der Waals surface area contributed by atoms with Gasteiger partial charge in [-0.3, -0.25) is 4.79 Å². The van der Waals surface area contributed by atoms with Crippen molar-refractivity contribution >= 4 is 5.91 Å². The van der Waals surface area contributed by atoms with E-state index in [0.717, 1.165) is 32.5 Å². The molecule has 0 N–H and O–H groups in total. The molecule has 2 aliphatic rings. The number of carbonyl (C=O) groups is 1. The standard InChI is InChI=1S/C17H22FNO3/c1-13(20)19-11-17(12-19)8-14(9-22-17)6-7-21-10-15-4-2-3-5-16(15)18/h2-5,14H,6-12H2,1H3. The van der Waals surface area contributed by atoms with E-state index < -0.39 is 0 Å². The first-order chi connectivity index (χ1) is 10.6. The van der Waals surface area contributed by atoms with E-state index in [1.54, 1.807) is 19.1 Å². The molecular weight excluding hydrogens is 285 g/mol. The lowest BCUT2D eigenvalue weighted by molar-refractivity contribution is -0.155. The summed E-state index contributed by atoms with van der Waals surface area (Å²) in [6.07, 6.45) is 1.90. The van der Waals surface area contributed by atoms with Crippen molar-refractivity contribution in [3.05, 3.63) is 35.6 Å². The molecule has 0 aliphatic carbocycles. The Morgan fingerprint density at radius 2 is 2.23 bits per heavy atom. The van der Waals surface area contributed by atoms with Gasteiger partial charge in [-0.15, -0.1) is 0 Å². The van der Waals surface area contributed by atoms with E-state index in [4.69, 9.17) is 9.47 Å². The zero-order chi connectivity index (χ0) is 15.6. The van der Waals surface area contributed by atoms with Gasteiger partial charge < -0.3 is 14.4 Å². The van der Waals surface area contributed by atoms with Crippen LogP contribution in [0.1, 0.15) is 25.3 Å². The lowest BCUT2D eigenvalue weighted by Crippen LogP contribution is -2.62. The van der Waals surface area contributed by atoms with Crippen molar-refractivity contribution < 1.29 is 18.7 Å². The number of halogens is 1. The molecule has 1 aromatic rings. The highest BCUT2D eigenvalue weighted by Crippen LogP contribution is 2.39. The van der Waals surface area contributed by atoms with E-state index in [2.05, 4.69) is 0 Å². The molecule has 22 heavy (non-hydrogen) atoms. The Morgan fingerprint density at radius 3 is 2.95 bits per heavy atom. The van der Waals surface area contributed by atoms with Crippen LogP contribution in [0.15, 0.2) is 24.3 Å². The largest absolute Gasteiger partial charge is 0.377 e. The van der Waals surface area contributed by atoms with Gasteiger partial charge in [-0.1, -0.05) is 18.2 Å². The van der Waals surface area contributed by atoms with Crippen LogP contribution < -0.4 is 0 Å². The summed E-state index contributed by atoms with van der Waals surface area (Å²) in [5, 5.41) is 0. The quantitative estimate of drug-likeness (QED) is 0.784. The number of amides is 1. The van der Waals surface area contributed by atoms with Gasteiger partial charge in [0, 0.05) is 19.1 Å². The smallest absolute Gasteiger partial charge is 0.219 e. The SMILES string of the molecule is CC(=O)N1CC2(CC(CCOCc3ccccc3F)CO2)C1. The minimum Gasteiger partial charge on any atom is -0.377 e. The van der Waals surface area contributed by atoms with Gasteiger partial charge in [0.05, 0.1) is 26.3 Å². The van der Waals surface area contributed by atoms with Crippen LogP contribution in [-0.2, 0) is 20.9 Å². The summed E-state index contributed by atoms with van der Waals surface area (Å²) >= 11 is 0. The summed E-state index contributed by atoms with van der Waals surface area (Å²) in [6.45, 7) is 4.67. The molecule has 0 bridgehead atoms. The molecule has 5 heteroatoms. The number of hydrogen-bond donors (Lipinski definition) is 0. The molecule has 1 atom stereocenters. The second-order valence-electron chi connectivity index (χ2n) is 6.37. The van der Waals surface area contributed by atoms with Crippen LogP contribution in [0.3, 0.4) is 0 Å². The van der Waals surface area contributed by atoms with Crippen molar-refractivity contribution in [2.45, 2.75) is 32.0 Å². The minimum absolute atomic E-state index is 0.109. The highest BCUT2D eigenvalue weighted by molar-refractivity contribution is 5.74.